The summed E-state index contributed by atoms with van der Waals surface area (Å²) < 4.78 is 12.9. The highest BCUT2D eigenvalue weighted by Gasteiger charge is 2.13. The van der Waals surface area contributed by atoms with Crippen molar-refractivity contribution in [2.45, 2.75) is 25.8 Å². The Labute approximate surface area is 98.8 Å². The number of hydrogen-bond acceptors (Lipinski definition) is 2. The number of anilines is 1. The summed E-state index contributed by atoms with van der Waals surface area (Å²) >= 11 is 5.80. The monoisotopic (exact) mass is 244 g/mol. The van der Waals surface area contributed by atoms with Gasteiger partial charge in [-0.15, -0.1) is 0 Å². The fraction of sp³-hybridized carbons (Fsp3) is 0.364. The molecule has 0 bridgehead atoms. The summed E-state index contributed by atoms with van der Waals surface area (Å²) in [5.74, 6) is -0.807. The van der Waals surface area contributed by atoms with E-state index in [1.807, 2.05) is 6.92 Å². The maximum Gasteiger partial charge on any atom is 0.241 e. The lowest BCUT2D eigenvalue weighted by Crippen LogP contribution is -2.35. The van der Waals surface area contributed by atoms with Crippen LogP contribution in [0.4, 0.5) is 10.1 Å². The minimum absolute atomic E-state index is 0.248. The van der Waals surface area contributed by atoms with Gasteiger partial charge in [0.2, 0.25) is 5.91 Å². The molecule has 0 spiro atoms. The van der Waals surface area contributed by atoms with Crippen LogP contribution in [0.3, 0.4) is 0 Å². The fourth-order valence-electron chi connectivity index (χ4n) is 1.26. The molecule has 0 aromatic heterocycles. The Bertz CT molecular complexity index is 384. The minimum Gasteiger partial charge on any atom is -0.323 e. The topological polar surface area (TPSA) is 55.1 Å². The first-order valence-electron chi connectivity index (χ1n) is 5.06. The van der Waals surface area contributed by atoms with E-state index < -0.39 is 11.9 Å². The molecule has 1 rings (SSSR count). The maximum absolute atomic E-state index is 12.9. The molecule has 88 valence electrons. The van der Waals surface area contributed by atoms with Crippen LogP contribution in [0.2, 0.25) is 5.02 Å². The number of carbonyl (C=O) groups excluding carboxylic acids is 1. The van der Waals surface area contributed by atoms with Gasteiger partial charge in [-0.1, -0.05) is 24.9 Å². The van der Waals surface area contributed by atoms with Crippen LogP contribution in [0.25, 0.3) is 0 Å². The molecule has 1 atom stereocenters. The zero-order valence-corrected chi connectivity index (χ0v) is 9.72. The molecule has 0 fully saturated rings. The van der Waals surface area contributed by atoms with Gasteiger partial charge in [-0.25, -0.2) is 4.39 Å². The van der Waals surface area contributed by atoms with Crippen LogP contribution in [0.5, 0.6) is 0 Å². The third kappa shape index (κ3) is 3.47. The molecule has 0 heterocycles. The zero-order valence-electron chi connectivity index (χ0n) is 8.97. The van der Waals surface area contributed by atoms with Crippen molar-refractivity contribution in [3.8, 4) is 0 Å². The highest BCUT2D eigenvalue weighted by Crippen LogP contribution is 2.22. The maximum atomic E-state index is 12.9. The quantitative estimate of drug-likeness (QED) is 0.855. The van der Waals surface area contributed by atoms with E-state index in [1.165, 1.54) is 18.2 Å². The summed E-state index contributed by atoms with van der Waals surface area (Å²) in [6.45, 7) is 1.93. The predicted octanol–water partition coefficient (Wildman–Crippen LogP) is 2.55. The lowest BCUT2D eigenvalue weighted by molar-refractivity contribution is -0.117. The number of benzene rings is 1. The molecule has 0 radical (unpaired) electrons. The Kier molecular flexibility index (Phi) is 4.71. The Morgan fingerprint density at radius 1 is 1.62 bits per heavy atom. The number of halogens is 2. The summed E-state index contributed by atoms with van der Waals surface area (Å²) in [6.07, 6.45) is 1.39. The molecule has 0 saturated carbocycles. The van der Waals surface area contributed by atoms with Crippen molar-refractivity contribution in [3.05, 3.63) is 29.0 Å². The van der Waals surface area contributed by atoms with E-state index in [2.05, 4.69) is 5.32 Å². The van der Waals surface area contributed by atoms with E-state index in [-0.39, 0.29) is 11.6 Å². The summed E-state index contributed by atoms with van der Waals surface area (Å²) in [5.41, 5.74) is 5.86. The van der Waals surface area contributed by atoms with Gasteiger partial charge in [-0.3, -0.25) is 4.79 Å². The van der Waals surface area contributed by atoms with Crippen LogP contribution < -0.4 is 11.1 Å². The molecule has 3 nitrogen and oxygen atoms in total. The molecule has 1 aromatic rings. The Hall–Kier alpha value is -1.13. The average molecular weight is 245 g/mol. The molecule has 0 unspecified atom stereocenters. The largest absolute Gasteiger partial charge is 0.323 e. The van der Waals surface area contributed by atoms with Crippen molar-refractivity contribution in [1.29, 1.82) is 0 Å². The summed E-state index contributed by atoms with van der Waals surface area (Å²) in [6, 6.07) is 3.19. The average Bonchev–Trinajstić information content (AvgIpc) is 2.23. The molecular formula is C11H14ClFN2O. The lowest BCUT2D eigenvalue weighted by atomic mass is 10.1. The summed E-state index contributed by atoms with van der Waals surface area (Å²) in [4.78, 5) is 11.5. The summed E-state index contributed by atoms with van der Waals surface area (Å²) in [7, 11) is 0. The summed E-state index contributed by atoms with van der Waals surface area (Å²) in [5, 5.41) is 2.79. The Balaban J connectivity index is 2.72. The molecule has 5 heteroatoms. The highest BCUT2D eigenvalue weighted by molar-refractivity contribution is 6.33. The van der Waals surface area contributed by atoms with Gasteiger partial charge in [0.05, 0.1) is 16.8 Å². The minimum atomic E-state index is -0.593. The second-order valence-electron chi connectivity index (χ2n) is 3.51. The molecule has 16 heavy (non-hydrogen) atoms. The lowest BCUT2D eigenvalue weighted by Gasteiger charge is -2.12. The first-order chi connectivity index (χ1) is 7.54. The van der Waals surface area contributed by atoms with Crippen LogP contribution in [0.15, 0.2) is 18.2 Å². The van der Waals surface area contributed by atoms with Crippen molar-refractivity contribution in [3.63, 3.8) is 0 Å². The number of amides is 1. The van der Waals surface area contributed by atoms with Gasteiger partial charge in [0.15, 0.2) is 0 Å². The standard InChI is InChI=1S/C11H14ClFN2O/c1-2-3-9(14)11(16)15-10-6-7(13)4-5-8(10)12/h4-6,9H,2-3,14H2,1H3,(H,15,16)/t9-/m1/s1. The van der Waals surface area contributed by atoms with E-state index in [0.717, 1.165) is 6.42 Å². The van der Waals surface area contributed by atoms with Crippen molar-refractivity contribution in [2.24, 2.45) is 5.73 Å². The van der Waals surface area contributed by atoms with Crippen molar-refractivity contribution >= 4 is 23.2 Å². The highest BCUT2D eigenvalue weighted by atomic mass is 35.5. The van der Waals surface area contributed by atoms with Crippen LogP contribution in [-0.2, 0) is 4.79 Å². The van der Waals surface area contributed by atoms with Crippen LogP contribution in [0, 0.1) is 5.82 Å². The van der Waals surface area contributed by atoms with Gasteiger partial charge >= 0.3 is 0 Å². The first kappa shape index (κ1) is 12.9. The third-order valence-electron chi connectivity index (χ3n) is 2.12. The van der Waals surface area contributed by atoms with E-state index in [1.54, 1.807) is 0 Å². The first-order valence-corrected chi connectivity index (χ1v) is 5.44. The van der Waals surface area contributed by atoms with Gasteiger partial charge < -0.3 is 11.1 Å². The van der Waals surface area contributed by atoms with Crippen LogP contribution in [0.1, 0.15) is 19.8 Å². The van der Waals surface area contributed by atoms with E-state index in [9.17, 15) is 9.18 Å². The Morgan fingerprint density at radius 2 is 2.31 bits per heavy atom. The second-order valence-corrected chi connectivity index (χ2v) is 3.92. The second kappa shape index (κ2) is 5.82. The molecule has 0 aliphatic carbocycles. The smallest absolute Gasteiger partial charge is 0.241 e. The number of carbonyl (C=O) groups is 1. The molecule has 0 saturated heterocycles. The van der Waals surface area contributed by atoms with E-state index in [4.69, 9.17) is 17.3 Å². The molecule has 1 amide bonds. The fourth-order valence-corrected chi connectivity index (χ4v) is 1.43. The van der Waals surface area contributed by atoms with Gasteiger partial charge in [-0.05, 0) is 24.6 Å². The van der Waals surface area contributed by atoms with Crippen LogP contribution >= 0.6 is 11.6 Å². The van der Waals surface area contributed by atoms with Gasteiger partial charge in [0, 0.05) is 0 Å². The normalized spacial score (nSPS) is 12.2. The van der Waals surface area contributed by atoms with Gasteiger partial charge in [0.1, 0.15) is 5.82 Å². The van der Waals surface area contributed by atoms with E-state index >= 15 is 0 Å². The SMILES string of the molecule is CCC[C@@H](N)C(=O)Nc1cc(F)ccc1Cl. The molecular weight excluding hydrogens is 231 g/mol. The third-order valence-corrected chi connectivity index (χ3v) is 2.45. The number of rotatable bonds is 4. The van der Waals surface area contributed by atoms with Gasteiger partial charge in [0.25, 0.3) is 0 Å². The van der Waals surface area contributed by atoms with Crippen LogP contribution in [-0.4, -0.2) is 11.9 Å². The zero-order chi connectivity index (χ0) is 12.1. The number of nitrogens with two attached hydrogens (primary N) is 1. The molecule has 3 N–H and O–H groups in total. The molecule has 0 aliphatic heterocycles. The predicted molar refractivity (Wildman–Crippen MR) is 62.9 cm³/mol. The Morgan fingerprint density at radius 3 is 2.94 bits per heavy atom. The molecule has 0 aliphatic rings. The van der Waals surface area contributed by atoms with Crippen molar-refractivity contribution in [1.82, 2.24) is 0 Å². The number of hydrogen-bond donors (Lipinski definition) is 2. The van der Waals surface area contributed by atoms with Gasteiger partial charge in [-0.2, -0.15) is 0 Å². The van der Waals surface area contributed by atoms with Crippen molar-refractivity contribution < 1.29 is 9.18 Å². The van der Waals surface area contributed by atoms with E-state index in [0.29, 0.717) is 11.4 Å². The number of nitrogens with one attached hydrogen (secondary N) is 1. The van der Waals surface area contributed by atoms with Crippen molar-refractivity contribution in [2.75, 3.05) is 5.32 Å². The molecule has 1 aromatic carbocycles.